The standard InChI is InChI=1S/C7H12N2O3.C4H4N2/c1-4(2)6(10)12-5(3)9-7(8)11;1-2-5-4-3(1)6-4/h5H,1H2,2-3H3,(H3,8,9,11);1-2,4,6H. The molecule has 0 aliphatic carbocycles. The summed E-state index contributed by atoms with van der Waals surface area (Å²) >= 11 is 0. The Hall–Kier alpha value is -2.31. The summed E-state index contributed by atoms with van der Waals surface area (Å²) in [6, 6.07) is -0.739. The van der Waals surface area contributed by atoms with Crippen molar-refractivity contribution in [2.24, 2.45) is 10.7 Å². The Balaban J connectivity index is 0.000000217. The smallest absolute Gasteiger partial charge is 0.335 e. The quantitative estimate of drug-likeness (QED) is 0.284. The lowest BCUT2D eigenvalue weighted by Crippen LogP contribution is -2.39. The zero-order valence-corrected chi connectivity index (χ0v) is 10.3. The lowest BCUT2D eigenvalue weighted by atomic mass is 10.4. The van der Waals surface area contributed by atoms with Crippen LogP contribution in [0.25, 0.3) is 0 Å². The Labute approximate surface area is 105 Å². The highest BCUT2D eigenvalue weighted by Gasteiger charge is 2.28. The van der Waals surface area contributed by atoms with Gasteiger partial charge in [-0.25, -0.2) is 9.59 Å². The molecule has 7 heteroatoms. The number of hydrogen-bond donors (Lipinski definition) is 3. The molecule has 0 bridgehead atoms. The van der Waals surface area contributed by atoms with Crippen molar-refractivity contribution >= 4 is 18.2 Å². The summed E-state index contributed by atoms with van der Waals surface area (Å²) in [5.41, 5.74) is 6.33. The summed E-state index contributed by atoms with van der Waals surface area (Å²) in [6.07, 6.45) is 3.48. The Morgan fingerprint density at radius 3 is 2.61 bits per heavy atom. The number of fused-ring (bicyclic) bond motifs is 1. The number of carbonyl (C=O) groups excluding carboxylic acids is 2. The molecule has 0 spiro atoms. The van der Waals surface area contributed by atoms with Gasteiger partial charge >= 0.3 is 12.0 Å². The van der Waals surface area contributed by atoms with Crippen LogP contribution in [-0.4, -0.2) is 30.6 Å². The maximum Gasteiger partial charge on any atom is 0.335 e. The average Bonchev–Trinajstić information content (AvgIpc) is 2.85. The molecule has 2 aliphatic rings. The van der Waals surface area contributed by atoms with Crippen LogP contribution in [0, 0.1) is 0 Å². The second-order valence-electron chi connectivity index (χ2n) is 3.80. The highest BCUT2D eigenvalue weighted by atomic mass is 16.6. The second-order valence-corrected chi connectivity index (χ2v) is 3.80. The second kappa shape index (κ2) is 5.85. The number of esters is 1. The molecule has 0 aromatic heterocycles. The summed E-state index contributed by atoms with van der Waals surface area (Å²) in [6.45, 7) is 6.37. The van der Waals surface area contributed by atoms with E-state index in [-0.39, 0.29) is 5.57 Å². The number of urea groups is 1. The number of primary amides is 1. The first-order valence-electron chi connectivity index (χ1n) is 5.32. The van der Waals surface area contributed by atoms with Crippen molar-refractivity contribution in [3.8, 4) is 0 Å². The summed E-state index contributed by atoms with van der Waals surface area (Å²) in [4.78, 5) is 25.1. The predicted octanol–water partition coefficient (Wildman–Crippen LogP) is 0.00400. The zero-order chi connectivity index (χ0) is 13.7. The van der Waals surface area contributed by atoms with Crippen LogP contribution in [0.5, 0.6) is 0 Å². The molecule has 0 radical (unpaired) electrons. The molecular weight excluding hydrogens is 236 g/mol. The van der Waals surface area contributed by atoms with E-state index in [2.05, 4.69) is 26.9 Å². The van der Waals surface area contributed by atoms with Crippen LogP contribution in [0.3, 0.4) is 0 Å². The Morgan fingerprint density at radius 2 is 2.33 bits per heavy atom. The summed E-state index contributed by atoms with van der Waals surface area (Å²) in [7, 11) is 0. The number of amides is 2. The molecule has 2 atom stereocenters. The Bertz CT molecular complexity index is 428. The number of allylic oxidation sites excluding steroid dienone is 1. The van der Waals surface area contributed by atoms with Gasteiger partial charge in [-0.3, -0.25) is 4.99 Å². The molecule has 7 nitrogen and oxygen atoms in total. The van der Waals surface area contributed by atoms with Crippen molar-refractivity contribution in [2.45, 2.75) is 26.2 Å². The molecule has 18 heavy (non-hydrogen) atoms. The number of nitrogens with one attached hydrogen (secondary N) is 2. The number of ether oxygens (including phenoxy) is 1. The van der Waals surface area contributed by atoms with Gasteiger partial charge in [0.2, 0.25) is 0 Å². The third-order valence-corrected chi connectivity index (χ3v) is 1.98. The normalized spacial score (nSPS) is 19.2. The van der Waals surface area contributed by atoms with E-state index < -0.39 is 18.2 Å². The monoisotopic (exact) mass is 252 g/mol. The van der Waals surface area contributed by atoms with Gasteiger partial charge in [0, 0.05) is 11.8 Å². The SMILES string of the molecule is C1=NC2NC2=C1.C=C(C)C(=O)OC(C)NC(N)=O. The lowest BCUT2D eigenvalue weighted by molar-refractivity contribution is -0.144. The summed E-state index contributed by atoms with van der Waals surface area (Å²) in [5, 5.41) is 5.21. The van der Waals surface area contributed by atoms with Crippen molar-refractivity contribution in [2.75, 3.05) is 0 Å². The van der Waals surface area contributed by atoms with Gasteiger partial charge in [-0.1, -0.05) is 6.58 Å². The highest BCUT2D eigenvalue weighted by Crippen LogP contribution is 2.19. The third kappa shape index (κ3) is 4.69. The van der Waals surface area contributed by atoms with E-state index in [1.165, 1.54) is 19.5 Å². The molecule has 4 N–H and O–H groups in total. The van der Waals surface area contributed by atoms with Crippen molar-refractivity contribution in [3.63, 3.8) is 0 Å². The zero-order valence-electron chi connectivity index (χ0n) is 10.3. The van der Waals surface area contributed by atoms with Gasteiger partial charge in [0.1, 0.15) is 0 Å². The van der Waals surface area contributed by atoms with Gasteiger partial charge in [0.15, 0.2) is 12.4 Å². The van der Waals surface area contributed by atoms with Gasteiger partial charge in [-0.05, 0) is 19.9 Å². The van der Waals surface area contributed by atoms with E-state index in [4.69, 9.17) is 5.73 Å². The largest absolute Gasteiger partial charge is 0.439 e. The van der Waals surface area contributed by atoms with E-state index in [0.717, 1.165) is 0 Å². The van der Waals surface area contributed by atoms with Crippen molar-refractivity contribution in [1.29, 1.82) is 0 Å². The van der Waals surface area contributed by atoms with Crippen LogP contribution in [-0.2, 0) is 9.53 Å². The maximum absolute atomic E-state index is 10.8. The van der Waals surface area contributed by atoms with E-state index in [1.54, 1.807) is 0 Å². The molecule has 2 aliphatic heterocycles. The molecule has 2 rings (SSSR count). The molecule has 0 aromatic carbocycles. The lowest BCUT2D eigenvalue weighted by Gasteiger charge is -2.12. The number of nitrogens with zero attached hydrogens (tertiary/aromatic N) is 1. The van der Waals surface area contributed by atoms with Gasteiger partial charge in [0.05, 0.1) is 5.70 Å². The van der Waals surface area contributed by atoms with E-state index in [0.29, 0.717) is 6.17 Å². The van der Waals surface area contributed by atoms with Crippen LogP contribution in [0.1, 0.15) is 13.8 Å². The Kier molecular flexibility index (Phi) is 4.47. The van der Waals surface area contributed by atoms with Crippen molar-refractivity contribution < 1.29 is 14.3 Å². The molecular formula is C11H16N4O3. The minimum Gasteiger partial charge on any atom is -0.439 e. The van der Waals surface area contributed by atoms with Crippen LogP contribution in [0.15, 0.2) is 28.9 Å². The van der Waals surface area contributed by atoms with Gasteiger partial charge in [-0.2, -0.15) is 0 Å². The topological polar surface area (TPSA) is 116 Å². The minimum absolute atomic E-state index is 0.271. The van der Waals surface area contributed by atoms with Gasteiger partial charge in [0.25, 0.3) is 0 Å². The van der Waals surface area contributed by atoms with E-state index >= 15 is 0 Å². The number of nitrogens with two attached hydrogens (primary N) is 1. The molecule has 0 aromatic rings. The van der Waals surface area contributed by atoms with E-state index in [1.807, 2.05) is 12.3 Å². The third-order valence-electron chi connectivity index (χ3n) is 1.98. The minimum atomic E-state index is -0.739. The number of aliphatic imine (C=N–C) groups is 1. The molecule has 1 fully saturated rings. The van der Waals surface area contributed by atoms with Crippen molar-refractivity contribution in [3.05, 3.63) is 23.9 Å². The molecule has 98 valence electrons. The number of carbonyl (C=O) groups is 2. The highest BCUT2D eigenvalue weighted by molar-refractivity contribution is 5.87. The van der Waals surface area contributed by atoms with Crippen LogP contribution >= 0.6 is 0 Å². The first-order chi connectivity index (χ1) is 8.40. The predicted molar refractivity (Wildman–Crippen MR) is 66.6 cm³/mol. The maximum atomic E-state index is 10.8. The fraction of sp³-hybridized carbons (Fsp3) is 0.364. The van der Waals surface area contributed by atoms with Crippen molar-refractivity contribution in [1.82, 2.24) is 10.6 Å². The van der Waals surface area contributed by atoms with Gasteiger partial charge < -0.3 is 21.1 Å². The van der Waals surface area contributed by atoms with Crippen LogP contribution in [0.2, 0.25) is 0 Å². The molecule has 0 saturated carbocycles. The summed E-state index contributed by atoms with van der Waals surface area (Å²) < 4.78 is 4.67. The average molecular weight is 252 g/mol. The summed E-state index contributed by atoms with van der Waals surface area (Å²) in [5.74, 6) is -0.559. The number of hydrogen-bond acceptors (Lipinski definition) is 5. The fourth-order valence-electron chi connectivity index (χ4n) is 1.07. The molecule has 2 amide bonds. The van der Waals surface area contributed by atoms with Crippen LogP contribution < -0.4 is 16.4 Å². The Morgan fingerprint density at radius 1 is 1.67 bits per heavy atom. The molecule has 1 saturated heterocycles. The number of rotatable bonds is 3. The van der Waals surface area contributed by atoms with Gasteiger partial charge in [-0.15, -0.1) is 0 Å². The first-order valence-corrected chi connectivity index (χ1v) is 5.32. The van der Waals surface area contributed by atoms with Crippen LogP contribution in [0.4, 0.5) is 4.79 Å². The molecule has 2 heterocycles. The van der Waals surface area contributed by atoms with E-state index in [9.17, 15) is 9.59 Å². The molecule has 2 unspecified atom stereocenters. The fourth-order valence-corrected chi connectivity index (χ4v) is 1.07. The first kappa shape index (κ1) is 13.8.